The third kappa shape index (κ3) is 3.34. The van der Waals surface area contributed by atoms with Crippen molar-refractivity contribution < 1.29 is 4.74 Å². The van der Waals surface area contributed by atoms with Gasteiger partial charge in [0.15, 0.2) is 0 Å². The Morgan fingerprint density at radius 2 is 1.78 bits per heavy atom. The molecule has 4 aliphatic heterocycles. The molecule has 2 aromatic rings. The van der Waals surface area contributed by atoms with E-state index in [0.29, 0.717) is 12.0 Å². The number of benzene rings is 2. The quantitative estimate of drug-likeness (QED) is 0.796. The van der Waals surface area contributed by atoms with Crippen LogP contribution in [0.3, 0.4) is 0 Å². The van der Waals surface area contributed by atoms with Crippen molar-refractivity contribution in [2.75, 3.05) is 19.7 Å². The van der Waals surface area contributed by atoms with Crippen molar-refractivity contribution in [3.8, 4) is 5.75 Å². The zero-order valence-corrected chi connectivity index (χ0v) is 15.7. The summed E-state index contributed by atoms with van der Waals surface area (Å²) in [6, 6.07) is 19.9. The molecule has 1 N–H and O–H groups in total. The minimum Gasteiger partial charge on any atom is -0.494 e. The minimum absolute atomic E-state index is 0.287. The fourth-order valence-corrected chi connectivity index (χ4v) is 4.79. The molecule has 2 atom stereocenters. The van der Waals surface area contributed by atoms with Gasteiger partial charge in [0.1, 0.15) is 5.75 Å². The highest BCUT2D eigenvalue weighted by atomic mass is 16.5. The highest BCUT2D eigenvalue weighted by Gasteiger charge is 2.46. The fraction of sp³-hybridized carbons (Fsp3) is 0.435. The molecule has 2 bridgehead atoms. The number of fused-ring (bicyclic) bond motifs is 2. The molecule has 0 spiro atoms. The lowest BCUT2D eigenvalue weighted by Crippen LogP contribution is -2.56. The lowest BCUT2D eigenvalue weighted by atomic mass is 9.78. The van der Waals surface area contributed by atoms with Crippen LogP contribution in [0.2, 0.25) is 0 Å². The standard InChI is InChI=1S/C23H27N3O/c1-2-5-17(6-3-1)7-4-16-27-20-10-8-18(9-11-20)21-23-22(25-24-21)19-12-14-26(23)15-13-19/h1-3,5-6,8-11,19,21,23-24H,4,7,12-16H2. The second kappa shape index (κ2) is 7.35. The first-order chi connectivity index (χ1) is 13.4. The first kappa shape index (κ1) is 16.8. The van der Waals surface area contributed by atoms with E-state index in [-0.39, 0.29) is 6.04 Å². The van der Waals surface area contributed by atoms with Gasteiger partial charge in [0.2, 0.25) is 0 Å². The first-order valence-electron chi connectivity index (χ1n) is 10.2. The molecule has 4 heteroatoms. The second-order valence-electron chi connectivity index (χ2n) is 7.91. The summed E-state index contributed by atoms with van der Waals surface area (Å²) in [5.74, 6) is 1.65. The van der Waals surface area contributed by atoms with E-state index < -0.39 is 0 Å². The van der Waals surface area contributed by atoms with E-state index in [4.69, 9.17) is 9.84 Å². The molecule has 6 rings (SSSR count). The number of piperidine rings is 3. The summed E-state index contributed by atoms with van der Waals surface area (Å²) >= 11 is 0. The Bertz CT molecular complexity index is 794. The largest absolute Gasteiger partial charge is 0.494 e. The van der Waals surface area contributed by atoms with Crippen LogP contribution in [0.4, 0.5) is 0 Å². The van der Waals surface area contributed by atoms with Gasteiger partial charge < -0.3 is 10.2 Å². The van der Waals surface area contributed by atoms with E-state index in [0.717, 1.165) is 25.2 Å². The van der Waals surface area contributed by atoms with Gasteiger partial charge in [-0.1, -0.05) is 42.5 Å². The maximum Gasteiger partial charge on any atom is 0.119 e. The van der Waals surface area contributed by atoms with Gasteiger partial charge in [-0.2, -0.15) is 5.10 Å². The molecular formula is C23H27N3O. The van der Waals surface area contributed by atoms with Crippen LogP contribution in [0.15, 0.2) is 59.7 Å². The van der Waals surface area contributed by atoms with Gasteiger partial charge in [-0.25, -0.2) is 0 Å². The Balaban J connectivity index is 1.16. The lowest BCUT2D eigenvalue weighted by molar-refractivity contribution is 0.133. The molecule has 0 amide bonds. The summed E-state index contributed by atoms with van der Waals surface area (Å²) in [6.07, 6.45) is 4.65. The molecule has 4 heterocycles. The number of nitrogens with one attached hydrogen (secondary N) is 1. The Hall–Kier alpha value is -2.33. The smallest absolute Gasteiger partial charge is 0.119 e. The number of ether oxygens (including phenoxy) is 1. The summed E-state index contributed by atoms with van der Waals surface area (Å²) in [5.41, 5.74) is 7.48. The van der Waals surface area contributed by atoms with Crippen molar-refractivity contribution in [2.24, 2.45) is 11.0 Å². The van der Waals surface area contributed by atoms with E-state index in [2.05, 4.69) is 64.9 Å². The highest BCUT2D eigenvalue weighted by Crippen LogP contribution is 2.39. The molecule has 4 nitrogen and oxygen atoms in total. The van der Waals surface area contributed by atoms with Crippen molar-refractivity contribution in [3.05, 3.63) is 65.7 Å². The molecule has 0 saturated carbocycles. The molecule has 4 aliphatic rings. The van der Waals surface area contributed by atoms with Gasteiger partial charge in [-0.05, 0) is 62.0 Å². The average Bonchev–Trinajstić information content (AvgIpc) is 3.21. The number of rotatable bonds is 6. The summed E-state index contributed by atoms with van der Waals surface area (Å²) in [6.45, 7) is 3.19. The zero-order valence-electron chi connectivity index (χ0n) is 15.7. The fourth-order valence-electron chi connectivity index (χ4n) is 4.79. The zero-order chi connectivity index (χ0) is 18.1. The number of nitrogens with zero attached hydrogens (tertiary/aromatic N) is 2. The molecule has 0 radical (unpaired) electrons. The molecule has 0 aromatic heterocycles. The lowest BCUT2D eigenvalue weighted by Gasteiger charge is -2.45. The highest BCUT2D eigenvalue weighted by molar-refractivity contribution is 5.95. The normalized spacial score (nSPS) is 28.4. The monoisotopic (exact) mass is 361 g/mol. The molecule has 2 unspecified atom stereocenters. The van der Waals surface area contributed by atoms with Crippen LogP contribution in [-0.4, -0.2) is 36.3 Å². The van der Waals surface area contributed by atoms with Gasteiger partial charge in [-0.15, -0.1) is 0 Å². The Labute approximate surface area is 161 Å². The Morgan fingerprint density at radius 3 is 2.56 bits per heavy atom. The second-order valence-corrected chi connectivity index (χ2v) is 7.91. The van der Waals surface area contributed by atoms with Gasteiger partial charge >= 0.3 is 0 Å². The van der Waals surface area contributed by atoms with Crippen LogP contribution in [-0.2, 0) is 6.42 Å². The van der Waals surface area contributed by atoms with Crippen LogP contribution in [0.1, 0.15) is 36.4 Å². The molecule has 3 fully saturated rings. The van der Waals surface area contributed by atoms with Crippen LogP contribution in [0.5, 0.6) is 5.75 Å². The maximum atomic E-state index is 5.94. The summed E-state index contributed by atoms with van der Waals surface area (Å²) < 4.78 is 5.94. The van der Waals surface area contributed by atoms with Gasteiger partial charge in [-0.3, -0.25) is 4.90 Å². The van der Waals surface area contributed by atoms with E-state index in [1.165, 1.54) is 42.8 Å². The number of hydrogen-bond donors (Lipinski definition) is 1. The van der Waals surface area contributed by atoms with Crippen molar-refractivity contribution >= 4 is 5.71 Å². The predicted molar refractivity (Wildman–Crippen MR) is 108 cm³/mol. The van der Waals surface area contributed by atoms with Crippen LogP contribution >= 0.6 is 0 Å². The van der Waals surface area contributed by atoms with Crippen molar-refractivity contribution in [1.29, 1.82) is 0 Å². The number of hydrazone groups is 1. The van der Waals surface area contributed by atoms with Gasteiger partial charge in [0.05, 0.1) is 24.4 Å². The van der Waals surface area contributed by atoms with Crippen molar-refractivity contribution in [3.63, 3.8) is 0 Å². The van der Waals surface area contributed by atoms with E-state index in [1.807, 2.05) is 0 Å². The minimum atomic E-state index is 0.287. The van der Waals surface area contributed by atoms with Gasteiger partial charge in [0, 0.05) is 5.92 Å². The van der Waals surface area contributed by atoms with Crippen LogP contribution in [0, 0.1) is 5.92 Å². The molecular weight excluding hydrogens is 334 g/mol. The van der Waals surface area contributed by atoms with Crippen LogP contribution < -0.4 is 10.2 Å². The average molecular weight is 361 g/mol. The number of aryl methyl sites for hydroxylation is 1. The van der Waals surface area contributed by atoms with E-state index in [1.54, 1.807) is 0 Å². The molecule has 140 valence electrons. The maximum absolute atomic E-state index is 5.94. The van der Waals surface area contributed by atoms with E-state index in [9.17, 15) is 0 Å². The SMILES string of the molecule is c1ccc(CCCOc2ccc(C3NN=C4C5CCN(CC5)C43)cc2)cc1. The van der Waals surface area contributed by atoms with Crippen molar-refractivity contribution in [2.45, 2.75) is 37.8 Å². The number of hydrogen-bond acceptors (Lipinski definition) is 4. The molecule has 2 aromatic carbocycles. The predicted octanol–water partition coefficient (Wildman–Crippen LogP) is 3.79. The third-order valence-electron chi connectivity index (χ3n) is 6.25. The summed E-state index contributed by atoms with van der Waals surface area (Å²) in [5, 5.41) is 4.70. The third-order valence-corrected chi connectivity index (χ3v) is 6.25. The van der Waals surface area contributed by atoms with E-state index >= 15 is 0 Å². The van der Waals surface area contributed by atoms with Crippen molar-refractivity contribution in [1.82, 2.24) is 10.3 Å². The molecule has 27 heavy (non-hydrogen) atoms. The molecule has 0 aliphatic carbocycles. The van der Waals surface area contributed by atoms with Gasteiger partial charge in [0.25, 0.3) is 0 Å². The molecule has 3 saturated heterocycles. The summed E-state index contributed by atoms with van der Waals surface area (Å²) in [4.78, 5) is 2.61. The Kier molecular flexibility index (Phi) is 4.58. The first-order valence-corrected chi connectivity index (χ1v) is 10.2. The Morgan fingerprint density at radius 1 is 1.00 bits per heavy atom. The topological polar surface area (TPSA) is 36.9 Å². The van der Waals surface area contributed by atoms with Crippen LogP contribution in [0.25, 0.3) is 0 Å². The summed E-state index contributed by atoms with van der Waals surface area (Å²) in [7, 11) is 0.